The maximum Gasteiger partial charge on any atom is 0.393 e. The van der Waals surface area contributed by atoms with E-state index in [0.29, 0.717) is 12.0 Å². The number of nitrogens with one attached hydrogen (secondary N) is 1. The Hall–Kier alpha value is -1.80. The van der Waals surface area contributed by atoms with Gasteiger partial charge in [0.2, 0.25) is 5.91 Å². The van der Waals surface area contributed by atoms with Gasteiger partial charge in [-0.2, -0.15) is 13.2 Å². The summed E-state index contributed by atoms with van der Waals surface area (Å²) in [6, 6.07) is 2.88. The third-order valence-corrected chi connectivity index (χ3v) is 4.21. The quantitative estimate of drug-likeness (QED) is 0.693. The van der Waals surface area contributed by atoms with Crippen molar-refractivity contribution in [3.8, 4) is 0 Å². The van der Waals surface area contributed by atoms with Gasteiger partial charge in [0, 0.05) is 0 Å². The number of ether oxygens (including phenoxy) is 1. The van der Waals surface area contributed by atoms with Crippen molar-refractivity contribution >= 4 is 29.2 Å². The number of alkyl halides is 3. The van der Waals surface area contributed by atoms with Gasteiger partial charge in [0.25, 0.3) is 0 Å². The minimum atomic E-state index is -4.59. The molecule has 0 radical (unpaired) electrons. The highest BCUT2D eigenvalue weighted by atomic mass is 35.5. The van der Waals surface area contributed by atoms with Crippen LogP contribution >= 0.6 is 11.6 Å². The van der Waals surface area contributed by atoms with E-state index < -0.39 is 30.0 Å². The van der Waals surface area contributed by atoms with Gasteiger partial charge in [0.15, 0.2) is 0 Å². The molecule has 0 spiro atoms. The predicted molar refractivity (Wildman–Crippen MR) is 92.8 cm³/mol. The zero-order valence-corrected chi connectivity index (χ0v) is 15.4. The molecule has 9 heteroatoms. The lowest BCUT2D eigenvalue weighted by Gasteiger charge is -2.22. The molecule has 0 aliphatic rings. The number of benzene rings is 1. The number of nitrogens with two attached hydrogens (primary N) is 1. The monoisotopic (exact) mass is 394 g/mol. The van der Waals surface area contributed by atoms with E-state index in [1.54, 1.807) is 19.9 Å². The van der Waals surface area contributed by atoms with Crippen molar-refractivity contribution in [1.82, 2.24) is 0 Å². The van der Waals surface area contributed by atoms with Gasteiger partial charge in [0.05, 0.1) is 35.2 Å². The molecule has 0 saturated carbocycles. The van der Waals surface area contributed by atoms with Gasteiger partial charge in [-0.15, -0.1) is 0 Å². The second kappa shape index (κ2) is 9.23. The molecule has 0 fully saturated rings. The summed E-state index contributed by atoms with van der Waals surface area (Å²) in [5, 5.41) is 2.47. The van der Waals surface area contributed by atoms with Gasteiger partial charge in [-0.05, 0) is 31.0 Å². The number of hydrogen-bond acceptors (Lipinski definition) is 4. The number of halogens is 4. The topological polar surface area (TPSA) is 81.4 Å². The molecule has 1 amide bonds. The number of rotatable bonds is 7. The van der Waals surface area contributed by atoms with Crippen LogP contribution in [0.25, 0.3) is 0 Å². The minimum Gasteiger partial charge on any atom is -0.466 e. The van der Waals surface area contributed by atoms with Crippen molar-refractivity contribution in [2.45, 2.75) is 39.4 Å². The van der Waals surface area contributed by atoms with Crippen LogP contribution in [-0.4, -0.2) is 30.7 Å². The van der Waals surface area contributed by atoms with E-state index in [-0.39, 0.29) is 23.3 Å². The van der Waals surface area contributed by atoms with Crippen molar-refractivity contribution in [2.24, 2.45) is 17.6 Å². The molecule has 1 aromatic rings. The Morgan fingerprint density at radius 3 is 2.46 bits per heavy atom. The van der Waals surface area contributed by atoms with Gasteiger partial charge in [-0.1, -0.05) is 31.5 Å². The highest BCUT2D eigenvalue weighted by Gasteiger charge is 2.42. The summed E-state index contributed by atoms with van der Waals surface area (Å²) in [7, 11) is 0. The van der Waals surface area contributed by atoms with E-state index >= 15 is 0 Å². The molecule has 0 aromatic heterocycles. The summed E-state index contributed by atoms with van der Waals surface area (Å²) in [5.41, 5.74) is 6.20. The molecular weight excluding hydrogens is 373 g/mol. The van der Waals surface area contributed by atoms with Gasteiger partial charge in [-0.25, -0.2) is 0 Å². The molecule has 0 bridgehead atoms. The van der Waals surface area contributed by atoms with Crippen molar-refractivity contribution in [3.05, 3.63) is 28.8 Å². The lowest BCUT2D eigenvalue weighted by atomic mass is 10.00. The van der Waals surface area contributed by atoms with Gasteiger partial charge in [0.1, 0.15) is 0 Å². The standard InChI is InChI=1S/C17H22ClF3N2O3/c1-4-26-16(25)9(2)7-11-5-6-12(18)13(8-11)23-15(24)14(22)10(3)17(19,20)21/h5-6,8-10,14H,4,7,22H2,1-3H3,(H,23,24). The molecule has 0 saturated heterocycles. The van der Waals surface area contributed by atoms with E-state index in [4.69, 9.17) is 22.1 Å². The van der Waals surface area contributed by atoms with Crippen LogP contribution in [-0.2, 0) is 20.7 Å². The molecule has 5 nitrogen and oxygen atoms in total. The molecule has 0 aliphatic heterocycles. The Kier molecular flexibility index (Phi) is 7.89. The molecule has 3 atom stereocenters. The fourth-order valence-electron chi connectivity index (χ4n) is 2.16. The van der Waals surface area contributed by atoms with Crippen molar-refractivity contribution in [1.29, 1.82) is 0 Å². The van der Waals surface area contributed by atoms with Crippen LogP contribution in [0.15, 0.2) is 18.2 Å². The molecule has 1 rings (SSSR count). The number of hydrogen-bond donors (Lipinski definition) is 2. The Morgan fingerprint density at radius 2 is 1.92 bits per heavy atom. The lowest BCUT2D eigenvalue weighted by molar-refractivity contribution is -0.176. The molecule has 3 unspecified atom stereocenters. The average Bonchev–Trinajstić information content (AvgIpc) is 2.55. The predicted octanol–water partition coefficient (Wildman–Crippen LogP) is 3.55. The normalized spacial score (nSPS) is 15.1. The Bertz CT molecular complexity index is 653. The van der Waals surface area contributed by atoms with Crippen molar-refractivity contribution in [2.75, 3.05) is 11.9 Å². The van der Waals surface area contributed by atoms with E-state index in [9.17, 15) is 22.8 Å². The summed E-state index contributed by atoms with van der Waals surface area (Å²) in [6.07, 6.45) is -4.26. The maximum absolute atomic E-state index is 12.7. The summed E-state index contributed by atoms with van der Waals surface area (Å²) < 4.78 is 43.0. The summed E-state index contributed by atoms with van der Waals surface area (Å²) >= 11 is 5.99. The highest BCUT2D eigenvalue weighted by molar-refractivity contribution is 6.33. The fourth-order valence-corrected chi connectivity index (χ4v) is 2.33. The highest BCUT2D eigenvalue weighted by Crippen LogP contribution is 2.29. The third-order valence-electron chi connectivity index (χ3n) is 3.88. The van der Waals surface area contributed by atoms with Gasteiger partial charge >= 0.3 is 12.1 Å². The van der Waals surface area contributed by atoms with Gasteiger partial charge < -0.3 is 15.8 Å². The van der Waals surface area contributed by atoms with E-state index in [1.807, 2.05) is 0 Å². The van der Waals surface area contributed by atoms with Crippen molar-refractivity contribution < 1.29 is 27.5 Å². The molecule has 0 heterocycles. The van der Waals surface area contributed by atoms with E-state index in [1.165, 1.54) is 12.1 Å². The Morgan fingerprint density at radius 1 is 1.31 bits per heavy atom. The summed E-state index contributed by atoms with van der Waals surface area (Å²) in [6.45, 7) is 4.49. The molecule has 26 heavy (non-hydrogen) atoms. The molecule has 0 aliphatic carbocycles. The van der Waals surface area contributed by atoms with Crippen LogP contribution in [0.3, 0.4) is 0 Å². The van der Waals surface area contributed by atoms with Crippen LogP contribution < -0.4 is 11.1 Å². The fraction of sp³-hybridized carbons (Fsp3) is 0.529. The maximum atomic E-state index is 12.7. The molecule has 1 aromatic carbocycles. The number of carbonyl (C=O) groups excluding carboxylic acids is 2. The number of anilines is 1. The lowest BCUT2D eigenvalue weighted by Crippen LogP contribution is -2.46. The smallest absolute Gasteiger partial charge is 0.393 e. The number of carbonyl (C=O) groups is 2. The second-order valence-electron chi connectivity index (χ2n) is 6.02. The first-order valence-electron chi connectivity index (χ1n) is 8.05. The summed E-state index contributed by atoms with van der Waals surface area (Å²) in [5.74, 6) is -3.79. The third kappa shape index (κ3) is 6.17. The SMILES string of the molecule is CCOC(=O)C(C)Cc1ccc(Cl)c(NC(=O)C(N)C(C)C(F)(F)F)c1. The average molecular weight is 395 g/mol. The zero-order chi connectivity index (χ0) is 20.1. The Labute approximate surface area is 155 Å². The molecular formula is C17H22ClF3N2O3. The van der Waals surface area contributed by atoms with E-state index in [0.717, 1.165) is 6.92 Å². The first-order valence-corrected chi connectivity index (χ1v) is 8.43. The molecule has 146 valence electrons. The van der Waals surface area contributed by atoms with Crippen LogP contribution in [0.4, 0.5) is 18.9 Å². The Balaban J connectivity index is 2.87. The first kappa shape index (κ1) is 22.2. The largest absolute Gasteiger partial charge is 0.466 e. The molecule has 3 N–H and O–H groups in total. The number of esters is 1. The first-order chi connectivity index (χ1) is 12.0. The van der Waals surface area contributed by atoms with Gasteiger partial charge in [-0.3, -0.25) is 9.59 Å². The second-order valence-corrected chi connectivity index (χ2v) is 6.42. The van der Waals surface area contributed by atoms with Crippen LogP contribution in [0.5, 0.6) is 0 Å². The van der Waals surface area contributed by atoms with Crippen LogP contribution in [0.2, 0.25) is 5.02 Å². The van der Waals surface area contributed by atoms with E-state index in [2.05, 4.69) is 5.32 Å². The van der Waals surface area contributed by atoms with Crippen LogP contribution in [0, 0.1) is 11.8 Å². The van der Waals surface area contributed by atoms with Crippen molar-refractivity contribution in [3.63, 3.8) is 0 Å². The number of amides is 1. The minimum absolute atomic E-state index is 0.134. The zero-order valence-electron chi connectivity index (χ0n) is 14.7. The van der Waals surface area contributed by atoms with Crippen LogP contribution in [0.1, 0.15) is 26.3 Å². The summed E-state index contributed by atoms with van der Waals surface area (Å²) in [4.78, 5) is 23.7.